The van der Waals surface area contributed by atoms with Crippen LogP contribution >= 0.6 is 23.1 Å². The highest BCUT2D eigenvalue weighted by Gasteiger charge is 2.38. The van der Waals surface area contributed by atoms with Crippen molar-refractivity contribution in [2.75, 3.05) is 12.4 Å². The van der Waals surface area contributed by atoms with Crippen molar-refractivity contribution < 1.29 is 19.1 Å². The minimum Gasteiger partial charge on any atom is -0.465 e. The van der Waals surface area contributed by atoms with Gasteiger partial charge in [-0.05, 0) is 36.8 Å². The summed E-state index contributed by atoms with van der Waals surface area (Å²) in [7, 11) is 1.32. The monoisotopic (exact) mass is 484 g/mol. The number of carbonyl (C=O) groups excluding carboxylic acids is 3. The highest BCUT2D eigenvalue weighted by atomic mass is 32.2. The summed E-state index contributed by atoms with van der Waals surface area (Å²) >= 11 is 2.47. The molecule has 2 heterocycles. The van der Waals surface area contributed by atoms with E-state index >= 15 is 0 Å². The van der Waals surface area contributed by atoms with Gasteiger partial charge in [-0.15, -0.1) is 11.3 Å². The normalized spacial score (nSPS) is 18.8. The molecule has 2 aromatic rings. The van der Waals surface area contributed by atoms with Gasteiger partial charge in [-0.2, -0.15) is 0 Å². The van der Waals surface area contributed by atoms with Crippen molar-refractivity contribution in [2.45, 2.75) is 37.5 Å². The molecule has 2 aliphatic rings. The molecule has 1 atom stereocenters. The van der Waals surface area contributed by atoms with E-state index < -0.39 is 23.0 Å². The molecule has 2 amide bonds. The maximum absolute atomic E-state index is 13.2. The molecule has 1 aliphatic carbocycles. The number of esters is 1. The van der Waals surface area contributed by atoms with Crippen molar-refractivity contribution in [3.05, 3.63) is 63.2 Å². The average Bonchev–Trinajstić information content (AvgIpc) is 3.34. The predicted molar refractivity (Wildman–Crippen MR) is 130 cm³/mol. The van der Waals surface area contributed by atoms with Crippen LogP contribution in [0.1, 0.15) is 39.2 Å². The van der Waals surface area contributed by atoms with Crippen LogP contribution in [0.15, 0.2) is 46.6 Å². The Morgan fingerprint density at radius 2 is 1.91 bits per heavy atom. The van der Waals surface area contributed by atoms with Gasteiger partial charge in [-0.1, -0.05) is 42.1 Å². The van der Waals surface area contributed by atoms with Gasteiger partial charge in [0.05, 0.1) is 24.8 Å². The number of aliphatic imine (C=N–C) groups is 1. The van der Waals surface area contributed by atoms with Crippen LogP contribution in [0.2, 0.25) is 0 Å². The number of hydrogen-bond donors (Lipinski definition) is 3. The Labute approximate surface area is 199 Å². The Hall–Kier alpha value is -3.11. The minimum atomic E-state index is -0.883. The molecule has 0 spiro atoms. The molecular formula is C23H24N4O4S2. The van der Waals surface area contributed by atoms with E-state index in [0.717, 1.165) is 53.4 Å². The Balaban J connectivity index is 1.59. The second-order valence-corrected chi connectivity index (χ2v) is 9.89. The molecule has 33 heavy (non-hydrogen) atoms. The molecule has 172 valence electrons. The summed E-state index contributed by atoms with van der Waals surface area (Å²) in [5, 5.41) is 2.75. The summed E-state index contributed by atoms with van der Waals surface area (Å²) in [4.78, 5) is 43.3. The third kappa shape index (κ3) is 4.67. The molecule has 0 saturated carbocycles. The van der Waals surface area contributed by atoms with Crippen molar-refractivity contribution in [2.24, 2.45) is 16.5 Å². The van der Waals surface area contributed by atoms with Gasteiger partial charge < -0.3 is 21.5 Å². The number of ether oxygens (including phenoxy) is 1. The number of nitrogens with two attached hydrogens (primary N) is 2. The van der Waals surface area contributed by atoms with Crippen molar-refractivity contribution in [3.8, 4) is 0 Å². The number of benzene rings is 1. The van der Waals surface area contributed by atoms with Crippen LogP contribution in [-0.2, 0) is 33.7 Å². The number of thiophene rings is 1. The maximum Gasteiger partial charge on any atom is 0.341 e. The first-order chi connectivity index (χ1) is 15.9. The molecule has 4 rings (SSSR count). The van der Waals surface area contributed by atoms with Gasteiger partial charge in [-0.3, -0.25) is 14.6 Å². The van der Waals surface area contributed by atoms with Crippen LogP contribution in [0.5, 0.6) is 0 Å². The van der Waals surface area contributed by atoms with Crippen LogP contribution in [0.4, 0.5) is 5.00 Å². The zero-order valence-corrected chi connectivity index (χ0v) is 19.7. The molecule has 0 radical (unpaired) electrons. The van der Waals surface area contributed by atoms with Gasteiger partial charge in [0.15, 0.2) is 0 Å². The van der Waals surface area contributed by atoms with Crippen LogP contribution in [0, 0.1) is 0 Å². The Bertz CT molecular complexity index is 1170. The van der Waals surface area contributed by atoms with Crippen molar-refractivity contribution in [3.63, 3.8) is 0 Å². The van der Waals surface area contributed by atoms with Crippen LogP contribution in [-0.4, -0.2) is 35.2 Å². The second-order valence-electron chi connectivity index (χ2n) is 7.70. The summed E-state index contributed by atoms with van der Waals surface area (Å²) < 4.78 is 4.97. The first-order valence-corrected chi connectivity index (χ1v) is 12.2. The molecule has 0 bridgehead atoms. The molecular weight excluding hydrogens is 460 g/mol. The third-order valence-corrected chi connectivity index (χ3v) is 8.01. The van der Waals surface area contributed by atoms with Gasteiger partial charge in [0.25, 0.3) is 5.91 Å². The van der Waals surface area contributed by atoms with E-state index in [9.17, 15) is 14.4 Å². The summed E-state index contributed by atoms with van der Waals surface area (Å²) in [6.45, 7) is 0.325. The lowest BCUT2D eigenvalue weighted by Crippen LogP contribution is -2.30. The van der Waals surface area contributed by atoms with E-state index in [2.05, 4.69) is 10.3 Å². The lowest BCUT2D eigenvalue weighted by molar-refractivity contribution is -0.115. The number of thioether (sulfide) groups is 1. The van der Waals surface area contributed by atoms with Crippen LogP contribution < -0.4 is 16.8 Å². The molecule has 10 heteroatoms. The van der Waals surface area contributed by atoms with E-state index in [1.54, 1.807) is 0 Å². The average molecular weight is 485 g/mol. The minimum absolute atomic E-state index is 0.0646. The standard InChI is InChI=1S/C23H24N4O4S2/c1-31-23(30)15-13-9-5-6-10-14(13)32-22(15)27-20(29)18-17(24)16(19(25)28)21(33-18)26-11-12-7-3-2-4-8-12/h2-4,7-8,18H,5-6,9-11,24H2,1H3,(H2,25,28)(H,27,29)/t18-/m0/s1. The van der Waals surface area contributed by atoms with Crippen molar-refractivity contribution in [1.82, 2.24) is 0 Å². The Morgan fingerprint density at radius 3 is 2.61 bits per heavy atom. The van der Waals surface area contributed by atoms with E-state index in [1.165, 1.54) is 18.4 Å². The highest BCUT2D eigenvalue weighted by molar-refractivity contribution is 8.16. The molecule has 8 nitrogen and oxygen atoms in total. The number of methoxy groups -OCH3 is 1. The molecule has 0 saturated heterocycles. The number of fused-ring (bicyclic) bond motifs is 1. The molecule has 1 aliphatic heterocycles. The fraction of sp³-hybridized carbons (Fsp3) is 0.304. The number of anilines is 1. The number of primary amides is 1. The zero-order chi connectivity index (χ0) is 23.5. The maximum atomic E-state index is 13.2. The van der Waals surface area contributed by atoms with Gasteiger partial charge >= 0.3 is 5.97 Å². The fourth-order valence-corrected chi connectivity index (χ4v) is 6.33. The molecule has 0 fully saturated rings. The predicted octanol–water partition coefficient (Wildman–Crippen LogP) is 2.76. The number of aryl methyl sites for hydroxylation is 1. The smallest absolute Gasteiger partial charge is 0.341 e. The number of nitrogens with zero attached hydrogens (tertiary/aromatic N) is 1. The Kier molecular flexibility index (Phi) is 6.85. The zero-order valence-electron chi connectivity index (χ0n) is 18.1. The first kappa shape index (κ1) is 23.1. The molecule has 0 unspecified atom stereocenters. The quantitative estimate of drug-likeness (QED) is 0.539. The van der Waals surface area contributed by atoms with Gasteiger partial charge in [0.2, 0.25) is 5.91 Å². The third-order valence-electron chi connectivity index (χ3n) is 5.54. The van der Waals surface area contributed by atoms with Gasteiger partial charge in [0, 0.05) is 10.6 Å². The fourth-order valence-electron chi connectivity index (χ4n) is 3.94. The summed E-state index contributed by atoms with van der Waals surface area (Å²) in [5.41, 5.74) is 14.2. The lowest BCUT2D eigenvalue weighted by Gasteiger charge is -2.13. The van der Waals surface area contributed by atoms with E-state index in [0.29, 0.717) is 22.2 Å². The number of rotatable bonds is 6. The molecule has 1 aromatic heterocycles. The van der Waals surface area contributed by atoms with Crippen molar-refractivity contribution in [1.29, 1.82) is 0 Å². The van der Waals surface area contributed by atoms with Crippen molar-refractivity contribution >= 4 is 50.9 Å². The number of amides is 2. The van der Waals surface area contributed by atoms with E-state index in [-0.39, 0.29) is 11.3 Å². The number of carbonyl (C=O) groups is 3. The van der Waals surface area contributed by atoms with E-state index in [1.807, 2.05) is 30.3 Å². The van der Waals surface area contributed by atoms with Crippen LogP contribution in [0.25, 0.3) is 0 Å². The number of nitrogens with one attached hydrogen (secondary N) is 1. The Morgan fingerprint density at radius 1 is 1.18 bits per heavy atom. The summed E-state index contributed by atoms with van der Waals surface area (Å²) in [5.74, 6) is -1.65. The first-order valence-electron chi connectivity index (χ1n) is 10.5. The van der Waals surface area contributed by atoms with E-state index in [4.69, 9.17) is 16.2 Å². The lowest BCUT2D eigenvalue weighted by atomic mass is 9.95. The van der Waals surface area contributed by atoms with Crippen LogP contribution in [0.3, 0.4) is 0 Å². The molecule has 1 aromatic carbocycles. The summed E-state index contributed by atoms with van der Waals surface area (Å²) in [6.07, 6.45) is 3.66. The topological polar surface area (TPSA) is 137 Å². The summed E-state index contributed by atoms with van der Waals surface area (Å²) in [6, 6.07) is 9.52. The second kappa shape index (κ2) is 9.80. The highest BCUT2D eigenvalue weighted by Crippen LogP contribution is 2.40. The van der Waals surface area contributed by atoms with Gasteiger partial charge in [-0.25, -0.2) is 4.79 Å². The largest absolute Gasteiger partial charge is 0.465 e. The number of hydrogen-bond acceptors (Lipinski definition) is 8. The SMILES string of the molecule is COC(=O)c1c(NC(=O)[C@H]2SC(=NCc3ccccc3)C(C(N)=O)=C2N)sc2c1CCCC2. The molecule has 5 N–H and O–H groups in total. The van der Waals surface area contributed by atoms with Gasteiger partial charge in [0.1, 0.15) is 15.3 Å².